The third-order valence-corrected chi connectivity index (χ3v) is 3.30. The summed E-state index contributed by atoms with van der Waals surface area (Å²) in [4.78, 5) is 15.4. The second-order valence-corrected chi connectivity index (χ2v) is 4.49. The van der Waals surface area contributed by atoms with Crippen molar-refractivity contribution in [3.63, 3.8) is 0 Å². The summed E-state index contributed by atoms with van der Waals surface area (Å²) < 4.78 is 9.89. The smallest absolute Gasteiger partial charge is 0.357 e. The van der Waals surface area contributed by atoms with E-state index in [1.54, 1.807) is 5.38 Å². The highest BCUT2D eigenvalue weighted by Crippen LogP contribution is 2.20. The van der Waals surface area contributed by atoms with Gasteiger partial charge in [0.05, 0.1) is 12.1 Å². The van der Waals surface area contributed by atoms with Crippen LogP contribution >= 0.6 is 11.3 Å². The van der Waals surface area contributed by atoms with Crippen molar-refractivity contribution in [3.05, 3.63) is 16.1 Å². The van der Waals surface area contributed by atoms with Gasteiger partial charge in [0.1, 0.15) is 0 Å². The van der Waals surface area contributed by atoms with E-state index >= 15 is 0 Å². The molecular weight excluding hydrogens is 214 g/mol. The summed E-state index contributed by atoms with van der Waals surface area (Å²) in [5.74, 6) is 0.196. The van der Waals surface area contributed by atoms with Gasteiger partial charge < -0.3 is 9.47 Å². The molecule has 1 aromatic heterocycles. The van der Waals surface area contributed by atoms with Gasteiger partial charge in [0.15, 0.2) is 5.69 Å². The number of aromatic nitrogens is 1. The molecule has 1 aliphatic rings. The number of ether oxygens (including phenoxy) is 2. The summed E-state index contributed by atoms with van der Waals surface area (Å²) in [7, 11) is 1.37. The number of rotatable bonds is 3. The summed E-state index contributed by atoms with van der Waals surface area (Å²) in [5, 5.41) is 2.74. The number of hydrogen-bond acceptors (Lipinski definition) is 5. The minimum Gasteiger partial charge on any atom is -0.464 e. The van der Waals surface area contributed by atoms with E-state index in [9.17, 15) is 4.79 Å². The lowest BCUT2D eigenvalue weighted by molar-refractivity contribution is 0.0594. The highest BCUT2D eigenvalue weighted by Gasteiger charge is 2.18. The SMILES string of the molecule is COC(=O)c1csc(CC2CCOC2)n1. The van der Waals surface area contributed by atoms with Crippen molar-refractivity contribution in [2.45, 2.75) is 12.8 Å². The van der Waals surface area contributed by atoms with E-state index in [4.69, 9.17) is 4.74 Å². The van der Waals surface area contributed by atoms with Crippen LogP contribution < -0.4 is 0 Å². The van der Waals surface area contributed by atoms with Gasteiger partial charge in [-0.1, -0.05) is 0 Å². The van der Waals surface area contributed by atoms with Gasteiger partial charge in [0.2, 0.25) is 0 Å². The molecule has 0 amide bonds. The van der Waals surface area contributed by atoms with Gasteiger partial charge in [-0.05, 0) is 12.3 Å². The van der Waals surface area contributed by atoms with E-state index in [-0.39, 0.29) is 5.97 Å². The van der Waals surface area contributed by atoms with Crippen molar-refractivity contribution < 1.29 is 14.3 Å². The number of carbonyl (C=O) groups excluding carboxylic acids is 1. The second-order valence-electron chi connectivity index (χ2n) is 3.55. The Bertz CT molecular complexity index is 344. The number of thiazole rings is 1. The molecule has 5 heteroatoms. The summed E-state index contributed by atoms with van der Waals surface area (Å²) in [6, 6.07) is 0. The van der Waals surface area contributed by atoms with E-state index in [2.05, 4.69) is 9.72 Å². The van der Waals surface area contributed by atoms with Crippen molar-refractivity contribution >= 4 is 17.3 Å². The van der Waals surface area contributed by atoms with Crippen LogP contribution in [-0.4, -0.2) is 31.3 Å². The minimum absolute atomic E-state index is 0.361. The molecular formula is C10H13NO3S. The average Bonchev–Trinajstić information content (AvgIpc) is 2.88. The fraction of sp³-hybridized carbons (Fsp3) is 0.600. The van der Waals surface area contributed by atoms with Crippen LogP contribution in [-0.2, 0) is 15.9 Å². The lowest BCUT2D eigenvalue weighted by Gasteiger charge is -2.02. The summed E-state index contributed by atoms with van der Waals surface area (Å²) in [5.41, 5.74) is 0.413. The van der Waals surface area contributed by atoms with Gasteiger partial charge in [-0.25, -0.2) is 9.78 Å². The van der Waals surface area contributed by atoms with Crippen molar-refractivity contribution in [1.82, 2.24) is 4.98 Å². The standard InChI is InChI=1S/C10H13NO3S/c1-13-10(12)8-6-15-9(11-8)4-7-2-3-14-5-7/h6-7H,2-5H2,1H3. The van der Waals surface area contributed by atoms with Crippen LogP contribution in [0.3, 0.4) is 0 Å². The van der Waals surface area contributed by atoms with Crippen LogP contribution in [0.1, 0.15) is 21.9 Å². The predicted octanol–water partition coefficient (Wildman–Crippen LogP) is 1.51. The monoisotopic (exact) mass is 227 g/mol. The topological polar surface area (TPSA) is 48.4 Å². The first-order valence-corrected chi connectivity index (χ1v) is 5.78. The van der Waals surface area contributed by atoms with Crippen LogP contribution in [0.5, 0.6) is 0 Å². The maximum atomic E-state index is 11.2. The first kappa shape index (κ1) is 10.6. The minimum atomic E-state index is -0.361. The Morgan fingerprint density at radius 1 is 1.80 bits per heavy atom. The van der Waals surface area contributed by atoms with E-state index in [0.29, 0.717) is 11.6 Å². The molecule has 0 spiro atoms. The molecule has 0 saturated carbocycles. The molecule has 2 rings (SSSR count). The molecule has 1 saturated heterocycles. The van der Waals surface area contributed by atoms with Crippen LogP contribution in [0.15, 0.2) is 5.38 Å². The van der Waals surface area contributed by atoms with Gasteiger partial charge in [-0.15, -0.1) is 11.3 Å². The third-order valence-electron chi connectivity index (χ3n) is 2.43. The van der Waals surface area contributed by atoms with Crippen molar-refractivity contribution in [2.24, 2.45) is 5.92 Å². The summed E-state index contributed by atoms with van der Waals surface area (Å²) in [6.07, 6.45) is 1.99. The van der Waals surface area contributed by atoms with Crippen LogP contribution in [0.2, 0.25) is 0 Å². The van der Waals surface area contributed by atoms with E-state index in [1.807, 2.05) is 0 Å². The molecule has 1 aromatic rings. The largest absolute Gasteiger partial charge is 0.464 e. The summed E-state index contributed by atoms with van der Waals surface area (Å²) in [6.45, 7) is 1.66. The molecule has 0 aromatic carbocycles. The maximum Gasteiger partial charge on any atom is 0.357 e. The van der Waals surface area contributed by atoms with Crippen molar-refractivity contribution in [3.8, 4) is 0 Å². The van der Waals surface area contributed by atoms with Gasteiger partial charge >= 0.3 is 5.97 Å². The summed E-state index contributed by atoms with van der Waals surface area (Å²) >= 11 is 1.51. The zero-order valence-electron chi connectivity index (χ0n) is 8.56. The Morgan fingerprint density at radius 3 is 3.33 bits per heavy atom. The van der Waals surface area contributed by atoms with Crippen LogP contribution in [0.4, 0.5) is 0 Å². The Labute approximate surface area is 92.2 Å². The fourth-order valence-electron chi connectivity index (χ4n) is 1.59. The lowest BCUT2D eigenvalue weighted by atomic mass is 10.1. The highest BCUT2D eigenvalue weighted by atomic mass is 32.1. The second kappa shape index (κ2) is 4.72. The molecule has 1 unspecified atom stereocenters. The zero-order chi connectivity index (χ0) is 10.7. The number of nitrogens with zero attached hydrogens (tertiary/aromatic N) is 1. The van der Waals surface area contributed by atoms with E-state index in [1.165, 1.54) is 18.4 Å². The molecule has 15 heavy (non-hydrogen) atoms. The van der Waals surface area contributed by atoms with Gasteiger partial charge in [-0.3, -0.25) is 0 Å². The van der Waals surface area contributed by atoms with Gasteiger partial charge in [0, 0.05) is 25.0 Å². The molecule has 82 valence electrons. The first-order valence-electron chi connectivity index (χ1n) is 4.90. The Kier molecular flexibility index (Phi) is 3.33. The molecule has 0 bridgehead atoms. The third kappa shape index (κ3) is 2.54. The number of hydrogen-bond donors (Lipinski definition) is 0. The number of carbonyl (C=O) groups is 1. The Morgan fingerprint density at radius 2 is 2.67 bits per heavy atom. The number of esters is 1. The molecule has 1 fully saturated rings. The molecule has 2 heterocycles. The molecule has 0 radical (unpaired) electrons. The molecule has 1 atom stereocenters. The van der Waals surface area contributed by atoms with Crippen molar-refractivity contribution in [2.75, 3.05) is 20.3 Å². The zero-order valence-corrected chi connectivity index (χ0v) is 9.38. The van der Waals surface area contributed by atoms with E-state index in [0.717, 1.165) is 31.1 Å². The predicted molar refractivity (Wildman–Crippen MR) is 56.1 cm³/mol. The molecule has 1 aliphatic heterocycles. The molecule has 0 aliphatic carbocycles. The average molecular weight is 227 g/mol. The molecule has 0 N–H and O–H groups in total. The lowest BCUT2D eigenvalue weighted by Crippen LogP contribution is -2.05. The fourth-order valence-corrected chi connectivity index (χ4v) is 2.47. The first-order chi connectivity index (χ1) is 7.29. The van der Waals surface area contributed by atoms with Crippen LogP contribution in [0.25, 0.3) is 0 Å². The van der Waals surface area contributed by atoms with Crippen LogP contribution in [0, 0.1) is 5.92 Å². The normalized spacial score (nSPS) is 20.5. The Hall–Kier alpha value is -0.940. The highest BCUT2D eigenvalue weighted by molar-refractivity contribution is 7.09. The van der Waals surface area contributed by atoms with Crippen molar-refractivity contribution in [1.29, 1.82) is 0 Å². The molecule has 4 nitrogen and oxygen atoms in total. The Balaban J connectivity index is 1.97. The van der Waals surface area contributed by atoms with E-state index < -0.39 is 0 Å². The van der Waals surface area contributed by atoms with Gasteiger partial charge in [0.25, 0.3) is 0 Å². The maximum absolute atomic E-state index is 11.2. The quantitative estimate of drug-likeness (QED) is 0.734. The number of methoxy groups -OCH3 is 1. The van der Waals surface area contributed by atoms with Gasteiger partial charge in [-0.2, -0.15) is 0 Å².